The van der Waals surface area contributed by atoms with E-state index < -0.39 is 0 Å². The highest BCUT2D eigenvalue weighted by atomic mass is 16.2. The molecule has 0 unspecified atom stereocenters. The molecule has 2 aliphatic rings. The van der Waals surface area contributed by atoms with Gasteiger partial charge in [-0.2, -0.15) is 0 Å². The Morgan fingerprint density at radius 1 is 1.00 bits per heavy atom. The van der Waals surface area contributed by atoms with Gasteiger partial charge >= 0.3 is 6.03 Å². The van der Waals surface area contributed by atoms with Gasteiger partial charge < -0.3 is 15.5 Å². The molecule has 0 radical (unpaired) electrons. The Labute approximate surface area is 91.4 Å². The van der Waals surface area contributed by atoms with Crippen LogP contribution in [0.3, 0.4) is 0 Å². The molecule has 0 saturated carbocycles. The molecule has 0 bridgehead atoms. The molecule has 0 aliphatic carbocycles. The van der Waals surface area contributed by atoms with Crippen molar-refractivity contribution in [1.29, 1.82) is 0 Å². The van der Waals surface area contributed by atoms with E-state index in [-0.39, 0.29) is 12.1 Å². The minimum absolute atomic E-state index is 0.187. The molecule has 2 N–H and O–H groups in total. The van der Waals surface area contributed by atoms with Crippen LogP contribution in [0.2, 0.25) is 0 Å². The first kappa shape index (κ1) is 10.7. The fourth-order valence-electron chi connectivity index (χ4n) is 2.47. The van der Waals surface area contributed by atoms with Crippen LogP contribution in [-0.4, -0.2) is 48.1 Å². The van der Waals surface area contributed by atoms with Crippen molar-refractivity contribution in [3.8, 4) is 0 Å². The zero-order valence-electron chi connectivity index (χ0n) is 9.32. The van der Waals surface area contributed by atoms with Gasteiger partial charge in [0.2, 0.25) is 0 Å². The topological polar surface area (TPSA) is 49.6 Å². The van der Waals surface area contributed by atoms with Crippen molar-refractivity contribution >= 4 is 6.03 Å². The van der Waals surface area contributed by atoms with Crippen molar-refractivity contribution in [3.05, 3.63) is 0 Å². The number of likely N-dealkylation sites (tertiary alicyclic amines) is 2. The molecule has 2 aliphatic heterocycles. The summed E-state index contributed by atoms with van der Waals surface area (Å²) in [6.45, 7) is 3.51. The highest BCUT2D eigenvalue weighted by Crippen LogP contribution is 2.14. The van der Waals surface area contributed by atoms with Gasteiger partial charge in [0.25, 0.3) is 0 Å². The van der Waals surface area contributed by atoms with Crippen LogP contribution in [0.1, 0.15) is 32.1 Å². The number of hydrogen-bond donors (Lipinski definition) is 1. The summed E-state index contributed by atoms with van der Waals surface area (Å²) < 4.78 is 0. The molecule has 0 spiro atoms. The van der Waals surface area contributed by atoms with Gasteiger partial charge in [-0.05, 0) is 32.1 Å². The number of nitrogens with zero attached hydrogens (tertiary/aromatic N) is 2. The Morgan fingerprint density at radius 2 is 1.67 bits per heavy atom. The molecular weight excluding hydrogens is 190 g/mol. The largest absolute Gasteiger partial charge is 0.326 e. The van der Waals surface area contributed by atoms with Gasteiger partial charge in [0.05, 0.1) is 0 Å². The van der Waals surface area contributed by atoms with Gasteiger partial charge in [-0.3, -0.25) is 0 Å². The molecular formula is C11H21N3O. The summed E-state index contributed by atoms with van der Waals surface area (Å²) >= 11 is 0. The van der Waals surface area contributed by atoms with Crippen molar-refractivity contribution in [1.82, 2.24) is 9.80 Å². The highest BCUT2D eigenvalue weighted by molar-refractivity contribution is 5.74. The van der Waals surface area contributed by atoms with Crippen LogP contribution in [0.25, 0.3) is 0 Å². The molecule has 0 aromatic carbocycles. The molecule has 2 rings (SSSR count). The number of piperidine rings is 2. The van der Waals surface area contributed by atoms with Crippen LogP contribution in [-0.2, 0) is 0 Å². The Morgan fingerprint density at radius 3 is 2.33 bits per heavy atom. The van der Waals surface area contributed by atoms with Crippen molar-refractivity contribution in [2.75, 3.05) is 26.2 Å². The first-order valence-electron chi connectivity index (χ1n) is 6.07. The van der Waals surface area contributed by atoms with Crippen molar-refractivity contribution in [2.24, 2.45) is 5.73 Å². The Bertz CT molecular complexity index is 226. The van der Waals surface area contributed by atoms with E-state index in [0.717, 1.165) is 51.9 Å². The van der Waals surface area contributed by atoms with E-state index in [1.165, 1.54) is 6.42 Å². The Balaban J connectivity index is 1.88. The van der Waals surface area contributed by atoms with E-state index >= 15 is 0 Å². The fourth-order valence-corrected chi connectivity index (χ4v) is 2.47. The third-order valence-electron chi connectivity index (χ3n) is 3.35. The minimum Gasteiger partial charge on any atom is -0.326 e. The monoisotopic (exact) mass is 211 g/mol. The summed E-state index contributed by atoms with van der Waals surface area (Å²) in [5, 5.41) is 0. The maximum Gasteiger partial charge on any atom is 0.320 e. The standard InChI is InChI=1S/C11H21N3O/c12-10-5-4-8-14(9-10)11(15)13-6-2-1-3-7-13/h10H,1-9,12H2/t10-/m0/s1. The van der Waals surface area contributed by atoms with Crippen molar-refractivity contribution in [3.63, 3.8) is 0 Å². The summed E-state index contributed by atoms with van der Waals surface area (Å²) in [6.07, 6.45) is 5.70. The number of carbonyl (C=O) groups is 1. The maximum absolute atomic E-state index is 12.1. The third-order valence-corrected chi connectivity index (χ3v) is 3.35. The third kappa shape index (κ3) is 2.62. The van der Waals surface area contributed by atoms with E-state index in [0.29, 0.717) is 0 Å². The summed E-state index contributed by atoms with van der Waals surface area (Å²) in [5.74, 6) is 0. The molecule has 2 amide bonds. The van der Waals surface area contributed by atoms with Crippen LogP contribution in [0.5, 0.6) is 0 Å². The van der Waals surface area contributed by atoms with Crippen LogP contribution in [0.15, 0.2) is 0 Å². The summed E-state index contributed by atoms with van der Waals surface area (Å²) in [6, 6.07) is 0.400. The zero-order valence-corrected chi connectivity index (χ0v) is 9.32. The number of urea groups is 1. The summed E-state index contributed by atoms with van der Waals surface area (Å²) in [4.78, 5) is 16.0. The number of nitrogens with two attached hydrogens (primary N) is 1. The number of rotatable bonds is 0. The SMILES string of the molecule is N[C@H]1CCCN(C(=O)N2CCCCC2)C1. The van der Waals surface area contributed by atoms with Gasteiger partial charge in [0.15, 0.2) is 0 Å². The van der Waals surface area contributed by atoms with Crippen LogP contribution in [0.4, 0.5) is 4.79 Å². The van der Waals surface area contributed by atoms with E-state index in [1.807, 2.05) is 9.80 Å². The van der Waals surface area contributed by atoms with Crippen LogP contribution in [0, 0.1) is 0 Å². The quantitative estimate of drug-likeness (QED) is 0.650. The lowest BCUT2D eigenvalue weighted by molar-refractivity contribution is 0.131. The predicted molar refractivity (Wildman–Crippen MR) is 59.6 cm³/mol. The molecule has 2 fully saturated rings. The number of carbonyl (C=O) groups excluding carboxylic acids is 1. The molecule has 86 valence electrons. The minimum atomic E-state index is 0.187. The first-order valence-corrected chi connectivity index (χ1v) is 6.07. The second-order valence-electron chi connectivity index (χ2n) is 4.68. The highest BCUT2D eigenvalue weighted by Gasteiger charge is 2.26. The van der Waals surface area contributed by atoms with Gasteiger partial charge in [-0.25, -0.2) is 4.79 Å². The molecule has 0 aromatic heterocycles. The molecule has 0 aromatic rings. The number of hydrogen-bond acceptors (Lipinski definition) is 2. The van der Waals surface area contributed by atoms with Crippen molar-refractivity contribution in [2.45, 2.75) is 38.1 Å². The molecule has 4 heteroatoms. The lowest BCUT2D eigenvalue weighted by Crippen LogP contribution is -2.51. The van der Waals surface area contributed by atoms with Crippen LogP contribution < -0.4 is 5.73 Å². The average molecular weight is 211 g/mol. The summed E-state index contributed by atoms with van der Waals surface area (Å²) in [7, 11) is 0. The van der Waals surface area contributed by atoms with Gasteiger partial charge in [0.1, 0.15) is 0 Å². The predicted octanol–water partition coefficient (Wildman–Crippen LogP) is 1.02. The van der Waals surface area contributed by atoms with E-state index in [1.54, 1.807) is 0 Å². The van der Waals surface area contributed by atoms with Gasteiger partial charge in [-0.1, -0.05) is 0 Å². The van der Waals surface area contributed by atoms with Gasteiger partial charge in [0, 0.05) is 32.2 Å². The Kier molecular flexibility index (Phi) is 3.46. The molecule has 4 nitrogen and oxygen atoms in total. The van der Waals surface area contributed by atoms with E-state index in [2.05, 4.69) is 0 Å². The lowest BCUT2D eigenvalue weighted by atomic mass is 10.1. The fraction of sp³-hybridized carbons (Fsp3) is 0.909. The number of amides is 2. The first-order chi connectivity index (χ1) is 7.27. The Hall–Kier alpha value is -0.770. The summed E-state index contributed by atoms with van der Waals surface area (Å²) in [5.41, 5.74) is 5.88. The molecule has 1 atom stereocenters. The van der Waals surface area contributed by atoms with E-state index in [9.17, 15) is 4.79 Å². The maximum atomic E-state index is 12.1. The van der Waals surface area contributed by atoms with Gasteiger partial charge in [-0.15, -0.1) is 0 Å². The normalized spacial score (nSPS) is 27.9. The molecule has 2 saturated heterocycles. The average Bonchev–Trinajstić information content (AvgIpc) is 2.29. The second-order valence-corrected chi connectivity index (χ2v) is 4.68. The lowest BCUT2D eigenvalue weighted by Gasteiger charge is -2.36. The van der Waals surface area contributed by atoms with E-state index in [4.69, 9.17) is 5.73 Å². The second kappa shape index (κ2) is 4.84. The van der Waals surface area contributed by atoms with Crippen molar-refractivity contribution < 1.29 is 4.79 Å². The van der Waals surface area contributed by atoms with Crippen LogP contribution >= 0.6 is 0 Å². The zero-order chi connectivity index (χ0) is 10.7. The smallest absolute Gasteiger partial charge is 0.320 e. The molecule has 2 heterocycles. The molecule has 15 heavy (non-hydrogen) atoms.